The van der Waals surface area contributed by atoms with Crippen LogP contribution in [-0.2, 0) is 6.54 Å². The van der Waals surface area contributed by atoms with E-state index in [2.05, 4.69) is 29.1 Å². The zero-order chi connectivity index (χ0) is 13.0. The fourth-order valence-electron chi connectivity index (χ4n) is 1.68. The Balaban J connectivity index is 2.26. The van der Waals surface area contributed by atoms with Crippen molar-refractivity contribution in [2.24, 2.45) is 0 Å². The second kappa shape index (κ2) is 5.74. The van der Waals surface area contributed by atoms with Gasteiger partial charge in [-0.25, -0.2) is 9.97 Å². The number of benzene rings is 1. The van der Waals surface area contributed by atoms with Crippen LogP contribution in [0.25, 0.3) is 11.4 Å². The average Bonchev–Trinajstić information content (AvgIpc) is 2.38. The largest absolute Gasteiger partial charge is 0.309 e. The lowest BCUT2D eigenvalue weighted by Crippen LogP contribution is -2.23. The summed E-state index contributed by atoms with van der Waals surface area (Å²) in [5.74, 6) is 0.793. The van der Waals surface area contributed by atoms with Gasteiger partial charge >= 0.3 is 0 Å². The molecule has 94 valence electrons. The summed E-state index contributed by atoms with van der Waals surface area (Å²) in [5, 5.41) is 3.39. The molecular formula is C15H19N3. The maximum Gasteiger partial charge on any atom is 0.159 e. The molecule has 3 nitrogen and oxygen atoms in total. The summed E-state index contributed by atoms with van der Waals surface area (Å²) in [7, 11) is 0. The Hall–Kier alpha value is -1.74. The van der Waals surface area contributed by atoms with Crippen LogP contribution in [0.4, 0.5) is 0 Å². The van der Waals surface area contributed by atoms with Crippen LogP contribution in [0, 0.1) is 6.92 Å². The Kier molecular flexibility index (Phi) is 4.05. The first-order valence-corrected chi connectivity index (χ1v) is 6.28. The number of hydrogen-bond acceptors (Lipinski definition) is 3. The molecule has 0 saturated heterocycles. The quantitative estimate of drug-likeness (QED) is 0.894. The lowest BCUT2D eigenvalue weighted by molar-refractivity contribution is 0.579. The van der Waals surface area contributed by atoms with Gasteiger partial charge in [0.25, 0.3) is 0 Å². The van der Waals surface area contributed by atoms with Gasteiger partial charge in [-0.05, 0) is 12.5 Å². The summed E-state index contributed by atoms with van der Waals surface area (Å²) in [6, 6.07) is 10.5. The zero-order valence-electron chi connectivity index (χ0n) is 11.1. The molecule has 3 heteroatoms. The van der Waals surface area contributed by atoms with Gasteiger partial charge in [0.15, 0.2) is 5.82 Å². The van der Waals surface area contributed by atoms with Crippen molar-refractivity contribution in [2.75, 3.05) is 0 Å². The molecule has 1 aromatic carbocycles. The first-order valence-electron chi connectivity index (χ1n) is 6.28. The molecule has 0 unspecified atom stereocenters. The average molecular weight is 241 g/mol. The molecule has 0 aliphatic rings. The molecule has 2 rings (SSSR count). The van der Waals surface area contributed by atoms with E-state index in [9.17, 15) is 0 Å². The van der Waals surface area contributed by atoms with E-state index in [4.69, 9.17) is 0 Å². The maximum atomic E-state index is 4.64. The molecule has 0 aliphatic carbocycles. The third kappa shape index (κ3) is 3.14. The monoisotopic (exact) mass is 241 g/mol. The molecule has 0 amide bonds. The van der Waals surface area contributed by atoms with E-state index in [1.54, 1.807) is 0 Å². The number of rotatable bonds is 4. The highest BCUT2D eigenvalue weighted by Crippen LogP contribution is 2.15. The van der Waals surface area contributed by atoms with Crippen LogP contribution in [0.2, 0.25) is 0 Å². The van der Waals surface area contributed by atoms with Gasteiger partial charge in [-0.3, -0.25) is 0 Å². The van der Waals surface area contributed by atoms with Crippen LogP contribution in [-0.4, -0.2) is 16.0 Å². The summed E-state index contributed by atoms with van der Waals surface area (Å²) < 4.78 is 0. The van der Waals surface area contributed by atoms with Crippen molar-refractivity contribution in [1.29, 1.82) is 0 Å². The topological polar surface area (TPSA) is 37.8 Å². The van der Waals surface area contributed by atoms with Crippen molar-refractivity contribution in [3.8, 4) is 11.4 Å². The lowest BCUT2D eigenvalue weighted by Gasteiger charge is -2.10. The second-order valence-corrected chi connectivity index (χ2v) is 4.72. The van der Waals surface area contributed by atoms with E-state index in [1.165, 1.54) is 0 Å². The predicted octanol–water partition coefficient (Wildman–Crippen LogP) is 2.95. The highest BCUT2D eigenvalue weighted by atomic mass is 14.9. The third-order valence-electron chi connectivity index (χ3n) is 2.79. The van der Waals surface area contributed by atoms with E-state index in [-0.39, 0.29) is 0 Å². The van der Waals surface area contributed by atoms with Crippen LogP contribution in [0.3, 0.4) is 0 Å². The van der Waals surface area contributed by atoms with Crippen LogP contribution in [0.1, 0.15) is 25.1 Å². The number of nitrogens with one attached hydrogen (secondary N) is 1. The Labute approximate surface area is 108 Å². The van der Waals surface area contributed by atoms with Crippen LogP contribution < -0.4 is 5.32 Å². The minimum absolute atomic E-state index is 0.458. The SMILES string of the molecule is Cc1cnc(-c2ccccc2)nc1CNC(C)C. The second-order valence-electron chi connectivity index (χ2n) is 4.72. The molecule has 2 aromatic rings. The van der Waals surface area contributed by atoms with Crippen molar-refractivity contribution in [1.82, 2.24) is 15.3 Å². The summed E-state index contributed by atoms with van der Waals surface area (Å²) in [6.45, 7) is 7.10. The van der Waals surface area contributed by atoms with E-state index in [0.29, 0.717) is 6.04 Å². The fraction of sp³-hybridized carbons (Fsp3) is 0.333. The van der Waals surface area contributed by atoms with E-state index < -0.39 is 0 Å². The standard InChI is InChI=1S/C15H19N3/c1-11(2)16-10-14-12(3)9-17-15(18-14)13-7-5-4-6-8-13/h4-9,11,16H,10H2,1-3H3. The van der Waals surface area contributed by atoms with Crippen molar-refractivity contribution < 1.29 is 0 Å². The number of nitrogens with zero attached hydrogens (tertiary/aromatic N) is 2. The molecule has 1 heterocycles. The Bertz CT molecular complexity index is 506. The highest BCUT2D eigenvalue weighted by Gasteiger charge is 2.06. The summed E-state index contributed by atoms with van der Waals surface area (Å²) >= 11 is 0. The van der Waals surface area contributed by atoms with Gasteiger partial charge < -0.3 is 5.32 Å². The van der Waals surface area contributed by atoms with Gasteiger partial charge in [-0.1, -0.05) is 44.2 Å². The molecule has 0 saturated carbocycles. The van der Waals surface area contributed by atoms with E-state index in [1.807, 2.05) is 43.5 Å². The molecule has 0 aliphatic heterocycles. The van der Waals surface area contributed by atoms with Crippen LogP contribution in [0.15, 0.2) is 36.5 Å². The van der Waals surface area contributed by atoms with Gasteiger partial charge in [-0.15, -0.1) is 0 Å². The Morgan fingerprint density at radius 1 is 1.17 bits per heavy atom. The van der Waals surface area contributed by atoms with E-state index >= 15 is 0 Å². The highest BCUT2D eigenvalue weighted by molar-refractivity contribution is 5.54. The normalized spacial score (nSPS) is 10.9. The van der Waals surface area contributed by atoms with Crippen LogP contribution in [0.5, 0.6) is 0 Å². The first kappa shape index (κ1) is 12.7. The predicted molar refractivity (Wildman–Crippen MR) is 74.2 cm³/mol. The van der Waals surface area contributed by atoms with Crippen molar-refractivity contribution in [2.45, 2.75) is 33.4 Å². The van der Waals surface area contributed by atoms with Gasteiger partial charge in [0.2, 0.25) is 0 Å². The number of aromatic nitrogens is 2. The van der Waals surface area contributed by atoms with Gasteiger partial charge in [-0.2, -0.15) is 0 Å². The van der Waals surface area contributed by atoms with Crippen molar-refractivity contribution >= 4 is 0 Å². The lowest BCUT2D eigenvalue weighted by atomic mass is 10.2. The summed E-state index contributed by atoms with van der Waals surface area (Å²) in [4.78, 5) is 9.04. The molecule has 1 aromatic heterocycles. The molecular weight excluding hydrogens is 222 g/mol. The van der Waals surface area contributed by atoms with Gasteiger partial charge in [0.1, 0.15) is 0 Å². The van der Waals surface area contributed by atoms with E-state index in [0.717, 1.165) is 29.2 Å². The molecule has 0 fully saturated rings. The van der Waals surface area contributed by atoms with Crippen molar-refractivity contribution in [3.05, 3.63) is 47.8 Å². The van der Waals surface area contributed by atoms with Gasteiger partial charge in [0, 0.05) is 24.3 Å². The molecule has 0 atom stereocenters. The number of aryl methyl sites for hydroxylation is 1. The fourth-order valence-corrected chi connectivity index (χ4v) is 1.68. The smallest absolute Gasteiger partial charge is 0.159 e. The summed E-state index contributed by atoms with van der Waals surface area (Å²) in [5.41, 5.74) is 3.25. The van der Waals surface area contributed by atoms with Crippen LogP contribution >= 0.6 is 0 Å². The Morgan fingerprint density at radius 2 is 1.89 bits per heavy atom. The molecule has 1 N–H and O–H groups in total. The molecule has 0 bridgehead atoms. The third-order valence-corrected chi connectivity index (χ3v) is 2.79. The van der Waals surface area contributed by atoms with Crippen molar-refractivity contribution in [3.63, 3.8) is 0 Å². The minimum Gasteiger partial charge on any atom is -0.309 e. The molecule has 18 heavy (non-hydrogen) atoms. The molecule has 0 radical (unpaired) electrons. The first-order chi connectivity index (χ1) is 8.66. The summed E-state index contributed by atoms with van der Waals surface area (Å²) in [6.07, 6.45) is 1.90. The maximum absolute atomic E-state index is 4.64. The Morgan fingerprint density at radius 3 is 2.56 bits per heavy atom. The molecule has 0 spiro atoms. The number of hydrogen-bond donors (Lipinski definition) is 1. The zero-order valence-corrected chi connectivity index (χ0v) is 11.1. The van der Waals surface area contributed by atoms with Gasteiger partial charge in [0.05, 0.1) is 5.69 Å². The minimum atomic E-state index is 0.458.